The second kappa shape index (κ2) is 18.1. The van der Waals surface area contributed by atoms with Crippen molar-refractivity contribution in [3.63, 3.8) is 0 Å². The molecule has 1 atom stereocenters. The Bertz CT molecular complexity index is 262. The number of esters is 1. The van der Waals surface area contributed by atoms with Gasteiger partial charge in [-0.2, -0.15) is 11.8 Å². The van der Waals surface area contributed by atoms with Crippen LogP contribution in [0.3, 0.4) is 0 Å². The van der Waals surface area contributed by atoms with Crippen LogP contribution in [-0.2, 0) is 9.53 Å². The van der Waals surface area contributed by atoms with E-state index in [9.17, 15) is 4.79 Å². The molecule has 3 nitrogen and oxygen atoms in total. The summed E-state index contributed by atoms with van der Waals surface area (Å²) in [5.41, 5.74) is 5.76. The Morgan fingerprint density at radius 1 is 0.913 bits per heavy atom. The van der Waals surface area contributed by atoms with Crippen molar-refractivity contribution in [2.75, 3.05) is 18.6 Å². The van der Waals surface area contributed by atoms with Gasteiger partial charge in [-0.15, -0.1) is 0 Å². The van der Waals surface area contributed by atoms with Crippen LogP contribution in [0.1, 0.15) is 90.4 Å². The first-order valence-corrected chi connectivity index (χ1v) is 11.0. The summed E-state index contributed by atoms with van der Waals surface area (Å²) in [5.74, 6) is 0.677. The lowest BCUT2D eigenvalue weighted by Crippen LogP contribution is -2.33. The van der Waals surface area contributed by atoms with Crippen LogP contribution in [0.2, 0.25) is 0 Å². The molecule has 0 aliphatic rings. The Kier molecular flexibility index (Phi) is 18.0. The predicted molar refractivity (Wildman–Crippen MR) is 103 cm³/mol. The minimum Gasteiger partial charge on any atom is -0.465 e. The van der Waals surface area contributed by atoms with Crippen LogP contribution in [0.5, 0.6) is 0 Å². The molecule has 0 spiro atoms. The maximum Gasteiger partial charge on any atom is 0.322 e. The van der Waals surface area contributed by atoms with Crippen LogP contribution in [0, 0.1) is 0 Å². The molecule has 0 saturated heterocycles. The molecule has 23 heavy (non-hydrogen) atoms. The van der Waals surface area contributed by atoms with Crippen LogP contribution in [0.15, 0.2) is 0 Å². The van der Waals surface area contributed by atoms with E-state index in [4.69, 9.17) is 10.5 Å². The second-order valence-corrected chi connectivity index (χ2v) is 7.43. The lowest BCUT2D eigenvalue weighted by atomic mass is 10.1. The Hall–Kier alpha value is -0.220. The van der Waals surface area contributed by atoms with Gasteiger partial charge in [0, 0.05) is 0 Å². The number of hydrogen-bond donors (Lipinski definition) is 1. The highest BCUT2D eigenvalue weighted by Gasteiger charge is 2.13. The maximum absolute atomic E-state index is 11.6. The van der Waals surface area contributed by atoms with Crippen LogP contribution in [0.25, 0.3) is 0 Å². The Balaban J connectivity index is 3.19. The van der Waals surface area contributed by atoms with Gasteiger partial charge in [0.05, 0.1) is 6.61 Å². The standard InChI is InChI=1S/C19H39NO2S/c1-3-4-5-6-7-8-9-10-11-12-13-14-16-22-19(21)18(20)15-17-23-2/h18H,3-17,20H2,1-2H3/t18-/m0/s1. The van der Waals surface area contributed by atoms with E-state index in [1.807, 2.05) is 6.26 Å². The van der Waals surface area contributed by atoms with Crippen molar-refractivity contribution in [2.45, 2.75) is 96.4 Å². The maximum atomic E-state index is 11.6. The van der Waals surface area contributed by atoms with Gasteiger partial charge in [0.1, 0.15) is 6.04 Å². The van der Waals surface area contributed by atoms with Crippen LogP contribution in [-0.4, -0.2) is 30.6 Å². The summed E-state index contributed by atoms with van der Waals surface area (Å²) in [6.07, 6.45) is 18.5. The first-order chi connectivity index (χ1) is 11.2. The number of rotatable bonds is 17. The molecule has 2 N–H and O–H groups in total. The molecule has 0 fully saturated rings. The number of ether oxygens (including phenoxy) is 1. The van der Waals surface area contributed by atoms with Crippen LogP contribution >= 0.6 is 11.8 Å². The summed E-state index contributed by atoms with van der Waals surface area (Å²) in [7, 11) is 0. The largest absolute Gasteiger partial charge is 0.465 e. The molecule has 0 bridgehead atoms. The third kappa shape index (κ3) is 16.4. The normalized spacial score (nSPS) is 12.3. The van der Waals surface area contributed by atoms with Crippen molar-refractivity contribution in [2.24, 2.45) is 5.73 Å². The van der Waals surface area contributed by atoms with E-state index in [1.54, 1.807) is 11.8 Å². The van der Waals surface area contributed by atoms with Crippen molar-refractivity contribution >= 4 is 17.7 Å². The molecule has 0 aliphatic carbocycles. The Labute approximate surface area is 148 Å². The van der Waals surface area contributed by atoms with Crippen molar-refractivity contribution in [3.8, 4) is 0 Å². The van der Waals surface area contributed by atoms with Gasteiger partial charge in [0.25, 0.3) is 0 Å². The zero-order valence-corrected chi connectivity index (χ0v) is 16.3. The van der Waals surface area contributed by atoms with E-state index in [0.29, 0.717) is 13.0 Å². The number of unbranched alkanes of at least 4 members (excludes halogenated alkanes) is 11. The molecular weight excluding hydrogens is 306 g/mol. The molecule has 0 heterocycles. The molecule has 0 aromatic heterocycles. The molecule has 0 radical (unpaired) electrons. The predicted octanol–water partition coefficient (Wildman–Crippen LogP) is 5.31. The third-order valence-corrected chi connectivity index (χ3v) is 4.82. The Morgan fingerprint density at radius 2 is 1.39 bits per heavy atom. The molecule has 4 heteroatoms. The molecule has 0 unspecified atom stereocenters. The van der Waals surface area contributed by atoms with Crippen molar-refractivity contribution in [1.82, 2.24) is 0 Å². The van der Waals surface area contributed by atoms with E-state index >= 15 is 0 Å². The van der Waals surface area contributed by atoms with Gasteiger partial charge in [0.15, 0.2) is 0 Å². The minimum atomic E-state index is -0.445. The number of thioether (sulfide) groups is 1. The summed E-state index contributed by atoms with van der Waals surface area (Å²) >= 11 is 1.71. The van der Waals surface area contributed by atoms with Gasteiger partial charge in [-0.05, 0) is 24.9 Å². The van der Waals surface area contributed by atoms with Gasteiger partial charge in [-0.3, -0.25) is 4.79 Å². The van der Waals surface area contributed by atoms with E-state index in [2.05, 4.69) is 6.92 Å². The topological polar surface area (TPSA) is 52.3 Å². The SMILES string of the molecule is CCCCCCCCCCCCCCOC(=O)[C@@H](N)CCSC. The van der Waals surface area contributed by atoms with E-state index in [0.717, 1.165) is 18.6 Å². The number of hydrogen-bond acceptors (Lipinski definition) is 4. The second-order valence-electron chi connectivity index (χ2n) is 6.44. The zero-order valence-electron chi connectivity index (χ0n) is 15.5. The van der Waals surface area contributed by atoms with Crippen molar-refractivity contribution in [1.29, 1.82) is 0 Å². The monoisotopic (exact) mass is 345 g/mol. The fraction of sp³-hybridized carbons (Fsp3) is 0.947. The van der Waals surface area contributed by atoms with E-state index in [1.165, 1.54) is 64.2 Å². The van der Waals surface area contributed by atoms with Crippen LogP contribution < -0.4 is 5.73 Å². The quantitative estimate of drug-likeness (QED) is 0.287. The molecule has 0 amide bonds. The summed E-state index contributed by atoms with van der Waals surface area (Å²) in [6, 6.07) is -0.445. The van der Waals surface area contributed by atoms with Crippen molar-refractivity contribution < 1.29 is 9.53 Å². The molecule has 0 aromatic rings. The van der Waals surface area contributed by atoms with Gasteiger partial charge in [-0.25, -0.2) is 0 Å². The van der Waals surface area contributed by atoms with Gasteiger partial charge >= 0.3 is 5.97 Å². The average molecular weight is 346 g/mol. The summed E-state index contributed by atoms with van der Waals surface area (Å²) in [5, 5.41) is 0. The summed E-state index contributed by atoms with van der Waals surface area (Å²) < 4.78 is 5.22. The molecular formula is C19H39NO2S. The first kappa shape index (κ1) is 22.8. The smallest absolute Gasteiger partial charge is 0.322 e. The molecule has 0 rings (SSSR count). The fourth-order valence-corrected chi connectivity index (χ4v) is 3.08. The number of carbonyl (C=O) groups is 1. The van der Waals surface area contributed by atoms with Gasteiger partial charge in [0.2, 0.25) is 0 Å². The fourth-order valence-electron chi connectivity index (χ4n) is 2.59. The lowest BCUT2D eigenvalue weighted by molar-refractivity contribution is -0.145. The first-order valence-electron chi connectivity index (χ1n) is 9.63. The van der Waals surface area contributed by atoms with Gasteiger partial charge in [-0.1, -0.05) is 77.6 Å². The van der Waals surface area contributed by atoms with E-state index in [-0.39, 0.29) is 5.97 Å². The molecule has 138 valence electrons. The highest BCUT2D eigenvalue weighted by molar-refractivity contribution is 7.98. The van der Waals surface area contributed by atoms with Gasteiger partial charge < -0.3 is 10.5 Å². The third-order valence-electron chi connectivity index (χ3n) is 4.18. The molecule has 0 aromatic carbocycles. The zero-order chi connectivity index (χ0) is 17.2. The van der Waals surface area contributed by atoms with Crippen LogP contribution in [0.4, 0.5) is 0 Å². The number of carbonyl (C=O) groups excluding carboxylic acids is 1. The van der Waals surface area contributed by atoms with E-state index < -0.39 is 6.04 Å². The average Bonchev–Trinajstić information content (AvgIpc) is 2.56. The Morgan fingerprint density at radius 3 is 1.87 bits per heavy atom. The highest BCUT2D eigenvalue weighted by atomic mass is 32.2. The summed E-state index contributed by atoms with van der Waals surface area (Å²) in [4.78, 5) is 11.6. The number of nitrogens with two attached hydrogens (primary N) is 1. The highest BCUT2D eigenvalue weighted by Crippen LogP contribution is 2.12. The minimum absolute atomic E-state index is 0.234. The van der Waals surface area contributed by atoms with Crippen molar-refractivity contribution in [3.05, 3.63) is 0 Å². The molecule has 0 aliphatic heterocycles. The molecule has 0 saturated carbocycles. The lowest BCUT2D eigenvalue weighted by Gasteiger charge is -2.10. The summed E-state index contributed by atoms with van der Waals surface area (Å²) in [6.45, 7) is 2.80.